The van der Waals surface area contributed by atoms with Gasteiger partial charge in [-0.3, -0.25) is 9.48 Å². The van der Waals surface area contributed by atoms with Crippen molar-refractivity contribution in [1.29, 1.82) is 0 Å². The summed E-state index contributed by atoms with van der Waals surface area (Å²) in [4.78, 5) is 24.4. The van der Waals surface area contributed by atoms with E-state index in [9.17, 15) is 9.59 Å². The zero-order valence-electron chi connectivity index (χ0n) is 20.3. The minimum atomic E-state index is -0.667. The van der Waals surface area contributed by atoms with Gasteiger partial charge < -0.3 is 24.8 Å². The highest BCUT2D eigenvalue weighted by Gasteiger charge is 2.42. The van der Waals surface area contributed by atoms with Crippen molar-refractivity contribution in [2.45, 2.75) is 44.8 Å². The molecule has 11 nitrogen and oxygen atoms in total. The lowest BCUT2D eigenvalue weighted by Gasteiger charge is -2.41. The number of carbonyl (C=O) groups is 2. The number of hydrogen-bond acceptors (Lipinski definition) is 7. The Morgan fingerprint density at radius 2 is 2.03 bits per heavy atom. The first-order valence-electron chi connectivity index (χ1n) is 11.7. The van der Waals surface area contributed by atoms with Gasteiger partial charge >= 0.3 is 6.09 Å². The van der Waals surface area contributed by atoms with Crippen LogP contribution in [0.5, 0.6) is 5.75 Å². The Bertz CT molecular complexity index is 1270. The number of anilines is 1. The van der Waals surface area contributed by atoms with Crippen molar-refractivity contribution in [1.82, 2.24) is 24.7 Å². The number of amides is 2. The van der Waals surface area contributed by atoms with Gasteiger partial charge in [-0.1, -0.05) is 0 Å². The lowest BCUT2D eigenvalue weighted by molar-refractivity contribution is -0.117. The molecule has 1 saturated heterocycles. The third-order valence-electron chi connectivity index (χ3n) is 5.87. The third kappa shape index (κ3) is 5.09. The molecule has 4 heterocycles. The zero-order chi connectivity index (χ0) is 24.8. The average molecular weight is 483 g/mol. The minimum absolute atomic E-state index is 0.0184. The van der Waals surface area contributed by atoms with Crippen molar-refractivity contribution < 1.29 is 23.8 Å². The molecule has 2 N–H and O–H groups in total. The second-order valence-electron chi connectivity index (χ2n) is 10.2. The van der Waals surface area contributed by atoms with Crippen LogP contribution in [0, 0.1) is 5.92 Å². The summed E-state index contributed by atoms with van der Waals surface area (Å²) < 4.78 is 20.3. The van der Waals surface area contributed by atoms with Gasteiger partial charge in [-0.2, -0.15) is 10.2 Å². The standard InChI is InChI=1S/C24H30N6O5/c1-23(2,3)35-22(32)27-24(12-33-13-24)14-34-18-11-25-29(4)20(18)16-7-8-30-17(9-16)10-19(28-30)26-21(31)15-5-6-15/h7-11,15H,5-6,12-14H2,1-4H3,(H,27,32)(H,26,28,31). The van der Waals surface area contributed by atoms with E-state index in [1.165, 1.54) is 0 Å². The van der Waals surface area contributed by atoms with Crippen LogP contribution in [0.4, 0.5) is 10.6 Å². The molecule has 0 aromatic carbocycles. The predicted octanol–water partition coefficient (Wildman–Crippen LogP) is 2.76. The van der Waals surface area contributed by atoms with Crippen LogP contribution < -0.4 is 15.4 Å². The van der Waals surface area contributed by atoms with Crippen LogP contribution in [-0.4, -0.2) is 62.4 Å². The molecule has 3 aromatic rings. The number of nitrogens with one attached hydrogen (secondary N) is 2. The minimum Gasteiger partial charge on any atom is -0.487 e. The number of alkyl carbamates (subject to hydrolysis) is 1. The summed E-state index contributed by atoms with van der Waals surface area (Å²) in [6.45, 7) is 6.32. The van der Waals surface area contributed by atoms with Crippen LogP contribution in [-0.2, 0) is 21.3 Å². The second-order valence-corrected chi connectivity index (χ2v) is 10.2. The number of rotatable bonds is 7. The van der Waals surface area contributed by atoms with E-state index < -0.39 is 17.2 Å². The molecular weight excluding hydrogens is 452 g/mol. The summed E-state index contributed by atoms with van der Waals surface area (Å²) in [6.07, 6.45) is 4.85. The molecule has 186 valence electrons. The number of fused-ring (bicyclic) bond motifs is 1. The molecule has 0 spiro atoms. The van der Waals surface area contributed by atoms with E-state index in [2.05, 4.69) is 20.8 Å². The van der Waals surface area contributed by atoms with Gasteiger partial charge in [0.2, 0.25) is 5.91 Å². The summed E-state index contributed by atoms with van der Waals surface area (Å²) in [7, 11) is 1.84. The zero-order valence-corrected chi connectivity index (χ0v) is 20.3. The molecule has 0 radical (unpaired) electrons. The number of ether oxygens (including phenoxy) is 3. The highest BCUT2D eigenvalue weighted by molar-refractivity contribution is 5.93. The molecule has 0 bridgehead atoms. The number of aryl methyl sites for hydroxylation is 1. The maximum absolute atomic E-state index is 12.3. The number of hydrogen-bond donors (Lipinski definition) is 2. The molecule has 2 aliphatic rings. The van der Waals surface area contributed by atoms with Gasteiger partial charge in [-0.15, -0.1) is 0 Å². The number of aromatic nitrogens is 4. The molecule has 1 aliphatic carbocycles. The normalized spacial score (nSPS) is 17.0. The van der Waals surface area contributed by atoms with Gasteiger partial charge in [0, 0.05) is 30.8 Å². The van der Waals surface area contributed by atoms with Gasteiger partial charge in [-0.25, -0.2) is 9.31 Å². The molecule has 11 heteroatoms. The van der Waals surface area contributed by atoms with E-state index in [0.29, 0.717) is 24.8 Å². The topological polar surface area (TPSA) is 121 Å². The Balaban J connectivity index is 1.31. The SMILES string of the molecule is Cn1ncc(OCC2(NC(=O)OC(C)(C)C)COC2)c1-c1ccn2nc(NC(=O)C3CC3)cc2c1. The van der Waals surface area contributed by atoms with E-state index in [0.717, 1.165) is 29.6 Å². The molecule has 5 rings (SSSR count). The van der Waals surface area contributed by atoms with Crippen molar-refractivity contribution in [3.05, 3.63) is 30.6 Å². The lowest BCUT2D eigenvalue weighted by Crippen LogP contribution is -2.66. The van der Waals surface area contributed by atoms with E-state index in [4.69, 9.17) is 14.2 Å². The Hall–Kier alpha value is -3.60. The summed E-state index contributed by atoms with van der Waals surface area (Å²) in [6, 6.07) is 5.72. The van der Waals surface area contributed by atoms with Gasteiger partial charge in [0.1, 0.15) is 23.4 Å². The quantitative estimate of drug-likeness (QED) is 0.531. The molecule has 35 heavy (non-hydrogen) atoms. The number of nitrogens with zero attached hydrogens (tertiary/aromatic N) is 4. The highest BCUT2D eigenvalue weighted by Crippen LogP contribution is 2.33. The second kappa shape index (κ2) is 8.56. The third-order valence-corrected chi connectivity index (χ3v) is 5.87. The van der Waals surface area contributed by atoms with Crippen molar-refractivity contribution in [2.75, 3.05) is 25.1 Å². The number of pyridine rings is 1. The fourth-order valence-corrected chi connectivity index (χ4v) is 3.90. The summed E-state index contributed by atoms with van der Waals surface area (Å²) >= 11 is 0. The molecule has 2 amide bonds. The first-order valence-corrected chi connectivity index (χ1v) is 11.7. The molecule has 1 aliphatic heterocycles. The first-order chi connectivity index (χ1) is 16.6. The van der Waals surface area contributed by atoms with Crippen molar-refractivity contribution >= 4 is 23.3 Å². The van der Waals surface area contributed by atoms with E-state index in [1.54, 1.807) is 15.4 Å². The maximum Gasteiger partial charge on any atom is 0.408 e. The van der Waals surface area contributed by atoms with E-state index >= 15 is 0 Å². The summed E-state index contributed by atoms with van der Waals surface area (Å²) in [5.41, 5.74) is 1.23. The van der Waals surface area contributed by atoms with Crippen LogP contribution in [0.2, 0.25) is 0 Å². The van der Waals surface area contributed by atoms with Crippen LogP contribution in [0.25, 0.3) is 16.8 Å². The largest absolute Gasteiger partial charge is 0.487 e. The van der Waals surface area contributed by atoms with Crippen molar-refractivity contribution in [2.24, 2.45) is 13.0 Å². The van der Waals surface area contributed by atoms with Gasteiger partial charge in [0.05, 0.1) is 24.9 Å². The predicted molar refractivity (Wildman–Crippen MR) is 127 cm³/mol. The summed E-state index contributed by atoms with van der Waals surface area (Å²) in [5, 5.41) is 14.6. The fraction of sp³-hybridized carbons (Fsp3) is 0.500. The smallest absolute Gasteiger partial charge is 0.408 e. The molecular formula is C24H30N6O5. The highest BCUT2D eigenvalue weighted by atomic mass is 16.6. The van der Waals surface area contributed by atoms with Crippen molar-refractivity contribution in [3.63, 3.8) is 0 Å². The molecule has 0 unspecified atom stereocenters. The molecule has 1 saturated carbocycles. The Morgan fingerprint density at radius 1 is 1.26 bits per heavy atom. The Morgan fingerprint density at radius 3 is 2.69 bits per heavy atom. The van der Waals surface area contributed by atoms with Gasteiger partial charge in [-0.05, 0) is 45.7 Å². The maximum atomic E-state index is 12.3. The Labute approximate surface area is 202 Å². The molecule has 2 fully saturated rings. The van der Waals surface area contributed by atoms with E-state index in [-0.39, 0.29) is 18.4 Å². The van der Waals surface area contributed by atoms with Gasteiger partial charge in [0.15, 0.2) is 11.6 Å². The molecule has 0 atom stereocenters. The van der Waals surface area contributed by atoms with Crippen LogP contribution in [0.3, 0.4) is 0 Å². The number of carbonyl (C=O) groups excluding carboxylic acids is 2. The molecule has 3 aromatic heterocycles. The Kier molecular flexibility index (Phi) is 5.66. The van der Waals surface area contributed by atoms with Crippen LogP contribution in [0.1, 0.15) is 33.6 Å². The first kappa shape index (κ1) is 23.2. The monoisotopic (exact) mass is 482 g/mol. The summed E-state index contributed by atoms with van der Waals surface area (Å²) in [5.74, 6) is 1.24. The average Bonchev–Trinajstić information content (AvgIpc) is 3.43. The lowest BCUT2D eigenvalue weighted by atomic mass is 9.99. The van der Waals surface area contributed by atoms with E-state index in [1.807, 2.05) is 52.2 Å². The van der Waals surface area contributed by atoms with Crippen LogP contribution in [0.15, 0.2) is 30.6 Å². The van der Waals surface area contributed by atoms with Crippen molar-refractivity contribution in [3.8, 4) is 17.0 Å². The fourth-order valence-electron chi connectivity index (χ4n) is 3.90. The van der Waals surface area contributed by atoms with Crippen LogP contribution >= 0.6 is 0 Å². The van der Waals surface area contributed by atoms with Gasteiger partial charge in [0.25, 0.3) is 0 Å².